The number of para-hydroxylation sites is 1. The lowest BCUT2D eigenvalue weighted by molar-refractivity contribution is 0.0698. The number of nitrogens with zero attached hydrogens (tertiary/aromatic N) is 1. The topological polar surface area (TPSA) is 84.3 Å². The Morgan fingerprint density at radius 3 is 2.95 bits per heavy atom. The Kier molecular flexibility index (Phi) is 4.01. The number of nitrogens with one attached hydrogen (secondary N) is 1. The molecule has 0 bridgehead atoms. The number of aromatic nitrogens is 2. The van der Waals surface area contributed by atoms with Crippen LogP contribution in [0.5, 0.6) is 0 Å². The average Bonchev–Trinajstić information content (AvgIpc) is 2.70. The number of rotatable bonds is 6. The maximum atomic E-state index is 11.9. The third-order valence-corrected chi connectivity index (χ3v) is 2.90. The van der Waals surface area contributed by atoms with E-state index in [1.165, 1.54) is 10.6 Å². The van der Waals surface area contributed by atoms with Gasteiger partial charge in [0.25, 0.3) is 0 Å². The van der Waals surface area contributed by atoms with Crippen LogP contribution in [0.1, 0.15) is 23.7 Å². The Morgan fingerprint density at radius 1 is 1.47 bits per heavy atom. The van der Waals surface area contributed by atoms with Gasteiger partial charge in [-0.05, 0) is 25.5 Å². The predicted molar refractivity (Wildman–Crippen MR) is 70.6 cm³/mol. The lowest BCUT2D eigenvalue weighted by Gasteiger charge is -2.05. The summed E-state index contributed by atoms with van der Waals surface area (Å²) in [5.41, 5.74) is 0.824. The van der Waals surface area contributed by atoms with Crippen LogP contribution in [0, 0.1) is 0 Å². The molecule has 1 aromatic heterocycles. The number of aryl methyl sites for hydroxylation is 1. The highest BCUT2D eigenvalue weighted by Crippen LogP contribution is 2.16. The summed E-state index contributed by atoms with van der Waals surface area (Å²) >= 11 is 0. The molecule has 0 radical (unpaired) electrons. The number of benzene rings is 1. The molecule has 0 spiro atoms. The highest BCUT2D eigenvalue weighted by atomic mass is 16.5. The van der Waals surface area contributed by atoms with E-state index in [9.17, 15) is 14.7 Å². The van der Waals surface area contributed by atoms with Crippen molar-refractivity contribution in [1.29, 1.82) is 0 Å². The van der Waals surface area contributed by atoms with E-state index in [0.29, 0.717) is 37.2 Å². The summed E-state index contributed by atoms with van der Waals surface area (Å²) < 4.78 is 6.68. The second kappa shape index (κ2) is 5.71. The van der Waals surface area contributed by atoms with Crippen molar-refractivity contribution in [2.24, 2.45) is 0 Å². The average molecular weight is 264 g/mol. The Morgan fingerprint density at radius 2 is 2.26 bits per heavy atom. The van der Waals surface area contributed by atoms with Crippen molar-refractivity contribution in [2.75, 3.05) is 13.2 Å². The number of fused-ring (bicyclic) bond motifs is 1. The first-order valence-electron chi connectivity index (χ1n) is 6.17. The highest BCUT2D eigenvalue weighted by Gasteiger charge is 2.14. The fourth-order valence-electron chi connectivity index (χ4n) is 2.07. The molecule has 19 heavy (non-hydrogen) atoms. The smallest absolute Gasteiger partial charge is 0.337 e. The molecule has 0 aliphatic heterocycles. The number of hydrogen-bond donors (Lipinski definition) is 2. The SMILES string of the molecule is CCOCCCn1c(=O)[nH]c2cccc(C(=O)O)c21. The van der Waals surface area contributed by atoms with Gasteiger partial charge in [-0.2, -0.15) is 0 Å². The molecule has 0 aliphatic rings. The van der Waals surface area contributed by atoms with Crippen molar-refractivity contribution < 1.29 is 14.6 Å². The van der Waals surface area contributed by atoms with Crippen molar-refractivity contribution in [3.63, 3.8) is 0 Å². The molecule has 102 valence electrons. The van der Waals surface area contributed by atoms with Crippen molar-refractivity contribution in [3.05, 3.63) is 34.2 Å². The first-order valence-corrected chi connectivity index (χ1v) is 6.17. The Bertz CT molecular complexity index is 642. The molecule has 2 N–H and O–H groups in total. The largest absolute Gasteiger partial charge is 0.478 e. The Balaban J connectivity index is 2.39. The standard InChI is InChI=1S/C13H16N2O4/c1-2-19-8-4-7-15-11-9(12(16)17)5-3-6-10(11)14-13(15)18/h3,5-6H,2,4,7-8H2,1H3,(H,14,18)(H,16,17). The number of aromatic carboxylic acids is 1. The number of carboxylic acids is 1. The van der Waals surface area contributed by atoms with Gasteiger partial charge in [0.05, 0.1) is 16.6 Å². The van der Waals surface area contributed by atoms with Gasteiger partial charge >= 0.3 is 11.7 Å². The van der Waals surface area contributed by atoms with Crippen LogP contribution >= 0.6 is 0 Å². The molecule has 6 nitrogen and oxygen atoms in total. The van der Waals surface area contributed by atoms with E-state index in [4.69, 9.17) is 4.74 Å². The molecule has 0 saturated heterocycles. The fourth-order valence-corrected chi connectivity index (χ4v) is 2.07. The second-order valence-corrected chi connectivity index (χ2v) is 4.14. The lowest BCUT2D eigenvalue weighted by Crippen LogP contribution is -2.18. The zero-order valence-corrected chi connectivity index (χ0v) is 10.7. The third-order valence-electron chi connectivity index (χ3n) is 2.90. The zero-order chi connectivity index (χ0) is 13.8. The molecule has 0 aliphatic carbocycles. The summed E-state index contributed by atoms with van der Waals surface area (Å²) in [5, 5.41) is 9.17. The normalized spacial score (nSPS) is 11.0. The van der Waals surface area contributed by atoms with Gasteiger partial charge in [-0.25, -0.2) is 9.59 Å². The van der Waals surface area contributed by atoms with E-state index in [1.54, 1.807) is 12.1 Å². The summed E-state index contributed by atoms with van der Waals surface area (Å²) in [6.45, 7) is 3.51. The van der Waals surface area contributed by atoms with Gasteiger partial charge < -0.3 is 14.8 Å². The summed E-state index contributed by atoms with van der Waals surface area (Å²) in [6.07, 6.45) is 0.661. The molecule has 2 rings (SSSR count). The molecule has 1 aromatic carbocycles. The lowest BCUT2D eigenvalue weighted by atomic mass is 10.2. The van der Waals surface area contributed by atoms with E-state index in [1.807, 2.05) is 6.92 Å². The number of imidazole rings is 1. The van der Waals surface area contributed by atoms with Gasteiger partial charge in [0.15, 0.2) is 0 Å². The molecule has 0 amide bonds. The molecule has 6 heteroatoms. The Hall–Kier alpha value is -2.08. The second-order valence-electron chi connectivity index (χ2n) is 4.14. The van der Waals surface area contributed by atoms with Crippen molar-refractivity contribution in [3.8, 4) is 0 Å². The number of carboxylic acid groups (broad SMARTS) is 1. The van der Waals surface area contributed by atoms with E-state index < -0.39 is 5.97 Å². The minimum absolute atomic E-state index is 0.132. The van der Waals surface area contributed by atoms with E-state index in [0.717, 1.165) is 0 Å². The van der Waals surface area contributed by atoms with Crippen molar-refractivity contribution in [1.82, 2.24) is 9.55 Å². The highest BCUT2D eigenvalue weighted by molar-refractivity contribution is 6.01. The number of ether oxygens (including phenoxy) is 1. The molecule has 0 saturated carbocycles. The van der Waals surface area contributed by atoms with Crippen LogP contribution in [0.3, 0.4) is 0 Å². The third kappa shape index (κ3) is 2.68. The summed E-state index contributed by atoms with van der Waals surface area (Å²) in [4.78, 5) is 25.7. The molecular weight excluding hydrogens is 248 g/mol. The summed E-state index contributed by atoms with van der Waals surface area (Å²) in [7, 11) is 0. The molecule has 0 fully saturated rings. The maximum absolute atomic E-state index is 11.9. The maximum Gasteiger partial charge on any atom is 0.337 e. The molecule has 0 unspecified atom stereocenters. The van der Waals surface area contributed by atoms with E-state index >= 15 is 0 Å². The van der Waals surface area contributed by atoms with Crippen LogP contribution < -0.4 is 5.69 Å². The van der Waals surface area contributed by atoms with Gasteiger partial charge in [0.1, 0.15) is 0 Å². The van der Waals surface area contributed by atoms with Crippen molar-refractivity contribution in [2.45, 2.75) is 19.9 Å². The van der Waals surface area contributed by atoms with Crippen molar-refractivity contribution >= 4 is 17.0 Å². The Labute approximate surface area is 109 Å². The minimum atomic E-state index is -1.04. The number of H-pyrrole nitrogens is 1. The molecule has 1 heterocycles. The quantitative estimate of drug-likeness (QED) is 0.773. The number of carbonyl (C=O) groups is 1. The molecule has 2 aromatic rings. The first-order chi connectivity index (χ1) is 9.15. The minimum Gasteiger partial charge on any atom is -0.478 e. The summed E-state index contributed by atoms with van der Waals surface area (Å²) in [5.74, 6) is -1.04. The van der Waals surface area contributed by atoms with Gasteiger partial charge in [-0.3, -0.25) is 4.57 Å². The van der Waals surface area contributed by atoms with Gasteiger partial charge in [-0.1, -0.05) is 6.07 Å². The van der Waals surface area contributed by atoms with E-state index in [-0.39, 0.29) is 11.3 Å². The molecule has 0 atom stereocenters. The van der Waals surface area contributed by atoms with Crippen LogP contribution in [0.15, 0.2) is 23.0 Å². The first kappa shape index (κ1) is 13.4. The van der Waals surface area contributed by atoms with Crippen LogP contribution in [0.2, 0.25) is 0 Å². The zero-order valence-electron chi connectivity index (χ0n) is 10.7. The van der Waals surface area contributed by atoms with Gasteiger partial charge in [0, 0.05) is 19.8 Å². The van der Waals surface area contributed by atoms with Gasteiger partial charge in [0.2, 0.25) is 0 Å². The monoisotopic (exact) mass is 264 g/mol. The predicted octanol–water partition coefficient (Wildman–Crippen LogP) is 1.45. The van der Waals surface area contributed by atoms with Crippen LogP contribution in [0.25, 0.3) is 11.0 Å². The van der Waals surface area contributed by atoms with Gasteiger partial charge in [-0.15, -0.1) is 0 Å². The van der Waals surface area contributed by atoms with Crippen LogP contribution in [-0.2, 0) is 11.3 Å². The van der Waals surface area contributed by atoms with Crippen LogP contribution in [-0.4, -0.2) is 33.8 Å². The summed E-state index contributed by atoms with van der Waals surface area (Å²) in [6, 6.07) is 4.81. The molecular formula is C13H16N2O4. The van der Waals surface area contributed by atoms with Crippen LogP contribution in [0.4, 0.5) is 0 Å². The number of aromatic amines is 1. The number of hydrogen-bond acceptors (Lipinski definition) is 3. The van der Waals surface area contributed by atoms with E-state index in [2.05, 4.69) is 4.98 Å². The fraction of sp³-hybridized carbons (Fsp3) is 0.385.